The van der Waals surface area contributed by atoms with Crippen LogP contribution in [0.3, 0.4) is 0 Å². The number of carbonyl (C=O) groups is 1. The zero-order chi connectivity index (χ0) is 19.9. The number of sulfonamides is 1. The van der Waals surface area contributed by atoms with Crippen LogP contribution in [0.2, 0.25) is 0 Å². The molecule has 0 fully saturated rings. The standard InChI is InChI=1S/C18H18F2N2O3S2/c1-2-11-21-27(24,25)12-13-3-7-15(8-4-13)22-17(23)14-5-9-16(10-6-14)26-18(19)20/h2-10,18,21H,1,11-12H2,(H,22,23). The van der Waals surface area contributed by atoms with Crippen LogP contribution in [0.15, 0.2) is 66.1 Å². The highest BCUT2D eigenvalue weighted by Crippen LogP contribution is 2.25. The molecule has 0 heterocycles. The number of benzene rings is 2. The molecule has 5 nitrogen and oxygen atoms in total. The van der Waals surface area contributed by atoms with E-state index in [1.165, 1.54) is 30.3 Å². The van der Waals surface area contributed by atoms with E-state index in [9.17, 15) is 22.0 Å². The lowest BCUT2D eigenvalue weighted by Gasteiger charge is -2.08. The second-order valence-electron chi connectivity index (χ2n) is 5.45. The number of hydrogen-bond acceptors (Lipinski definition) is 4. The third-order valence-electron chi connectivity index (χ3n) is 3.36. The van der Waals surface area contributed by atoms with Crippen molar-refractivity contribution in [1.29, 1.82) is 0 Å². The van der Waals surface area contributed by atoms with Gasteiger partial charge in [-0.1, -0.05) is 30.0 Å². The number of nitrogens with one attached hydrogen (secondary N) is 2. The van der Waals surface area contributed by atoms with Gasteiger partial charge in [0.05, 0.1) is 5.75 Å². The fourth-order valence-electron chi connectivity index (χ4n) is 2.13. The van der Waals surface area contributed by atoms with Gasteiger partial charge in [0.1, 0.15) is 0 Å². The van der Waals surface area contributed by atoms with Gasteiger partial charge in [-0.15, -0.1) is 6.58 Å². The summed E-state index contributed by atoms with van der Waals surface area (Å²) in [6.07, 6.45) is 1.45. The molecule has 1 amide bonds. The van der Waals surface area contributed by atoms with Gasteiger partial charge in [0.25, 0.3) is 11.7 Å². The highest BCUT2D eigenvalue weighted by atomic mass is 32.2. The summed E-state index contributed by atoms with van der Waals surface area (Å²) in [4.78, 5) is 12.6. The maximum atomic E-state index is 12.3. The zero-order valence-electron chi connectivity index (χ0n) is 14.2. The van der Waals surface area contributed by atoms with Gasteiger partial charge in [-0.05, 0) is 42.0 Å². The number of carbonyl (C=O) groups excluding carboxylic acids is 1. The van der Waals surface area contributed by atoms with Crippen molar-refractivity contribution < 1.29 is 22.0 Å². The van der Waals surface area contributed by atoms with E-state index >= 15 is 0 Å². The first-order valence-electron chi connectivity index (χ1n) is 7.82. The predicted molar refractivity (Wildman–Crippen MR) is 104 cm³/mol. The van der Waals surface area contributed by atoms with E-state index in [0.717, 1.165) is 0 Å². The number of rotatable bonds is 9. The predicted octanol–water partition coefficient (Wildman–Crippen LogP) is 3.86. The number of amides is 1. The third kappa shape index (κ3) is 7.12. The van der Waals surface area contributed by atoms with E-state index < -0.39 is 21.7 Å². The summed E-state index contributed by atoms with van der Waals surface area (Å²) in [5, 5.41) is 2.67. The third-order valence-corrected chi connectivity index (χ3v) is 5.40. The summed E-state index contributed by atoms with van der Waals surface area (Å²) in [5.41, 5.74) is 1.39. The van der Waals surface area contributed by atoms with Gasteiger partial charge >= 0.3 is 0 Å². The van der Waals surface area contributed by atoms with E-state index in [-0.39, 0.29) is 12.3 Å². The van der Waals surface area contributed by atoms with Gasteiger partial charge in [-0.25, -0.2) is 13.1 Å². The average Bonchev–Trinajstić information content (AvgIpc) is 2.61. The van der Waals surface area contributed by atoms with E-state index in [1.54, 1.807) is 24.3 Å². The molecule has 0 bridgehead atoms. The molecule has 0 saturated carbocycles. The number of thioether (sulfide) groups is 1. The average molecular weight is 412 g/mol. The van der Waals surface area contributed by atoms with Gasteiger partial charge in [0.15, 0.2) is 0 Å². The SMILES string of the molecule is C=CCNS(=O)(=O)Cc1ccc(NC(=O)c2ccc(SC(F)F)cc2)cc1. The smallest absolute Gasteiger partial charge is 0.288 e. The Labute approximate surface area is 160 Å². The van der Waals surface area contributed by atoms with E-state index in [2.05, 4.69) is 16.6 Å². The summed E-state index contributed by atoms with van der Waals surface area (Å²) in [5.74, 6) is -3.09. The second-order valence-corrected chi connectivity index (χ2v) is 8.32. The topological polar surface area (TPSA) is 75.3 Å². The maximum Gasteiger partial charge on any atom is 0.288 e. The molecule has 0 radical (unpaired) electrons. The van der Waals surface area contributed by atoms with Crippen LogP contribution in [0.25, 0.3) is 0 Å². The van der Waals surface area contributed by atoms with Crippen LogP contribution in [-0.4, -0.2) is 26.6 Å². The van der Waals surface area contributed by atoms with Crippen molar-refractivity contribution in [1.82, 2.24) is 4.72 Å². The van der Waals surface area contributed by atoms with Crippen molar-refractivity contribution in [3.8, 4) is 0 Å². The molecule has 0 aromatic heterocycles. The van der Waals surface area contributed by atoms with Gasteiger partial charge in [-0.2, -0.15) is 8.78 Å². The Kier molecular flexibility index (Phi) is 7.52. The Balaban J connectivity index is 1.97. The molecule has 27 heavy (non-hydrogen) atoms. The molecule has 0 atom stereocenters. The Morgan fingerprint density at radius 1 is 1.11 bits per heavy atom. The van der Waals surface area contributed by atoms with E-state index in [0.29, 0.717) is 33.5 Å². The molecule has 2 aromatic rings. The van der Waals surface area contributed by atoms with Gasteiger partial charge in [0.2, 0.25) is 10.0 Å². The molecule has 0 unspecified atom stereocenters. The highest BCUT2D eigenvalue weighted by molar-refractivity contribution is 7.99. The summed E-state index contributed by atoms with van der Waals surface area (Å²) in [7, 11) is -3.45. The number of hydrogen-bond donors (Lipinski definition) is 2. The summed E-state index contributed by atoms with van der Waals surface area (Å²) in [6, 6.07) is 12.2. The Bertz CT molecular complexity index is 884. The van der Waals surface area contributed by atoms with E-state index in [1.807, 2.05) is 0 Å². The lowest BCUT2D eigenvalue weighted by atomic mass is 10.2. The Morgan fingerprint density at radius 2 is 1.74 bits per heavy atom. The van der Waals surface area contributed by atoms with Crippen LogP contribution in [0, 0.1) is 0 Å². The molecular weight excluding hydrogens is 394 g/mol. The molecule has 9 heteroatoms. The van der Waals surface area contributed by atoms with Crippen LogP contribution in [0.1, 0.15) is 15.9 Å². The molecule has 0 saturated heterocycles. The maximum absolute atomic E-state index is 12.3. The highest BCUT2D eigenvalue weighted by Gasteiger charge is 2.11. The molecule has 0 aliphatic heterocycles. The van der Waals surface area contributed by atoms with Gasteiger partial charge in [0, 0.05) is 22.7 Å². The number of alkyl halides is 2. The Morgan fingerprint density at radius 3 is 2.30 bits per heavy atom. The summed E-state index contributed by atoms with van der Waals surface area (Å²) < 4.78 is 50.6. The lowest BCUT2D eigenvalue weighted by molar-refractivity contribution is 0.102. The van der Waals surface area contributed by atoms with Crippen LogP contribution in [0.4, 0.5) is 14.5 Å². The van der Waals surface area contributed by atoms with Crippen LogP contribution >= 0.6 is 11.8 Å². The van der Waals surface area contributed by atoms with Crippen molar-refractivity contribution in [2.24, 2.45) is 0 Å². The van der Waals surface area contributed by atoms with Crippen molar-refractivity contribution in [3.63, 3.8) is 0 Å². The fourth-order valence-corrected chi connectivity index (χ4v) is 3.74. The largest absolute Gasteiger partial charge is 0.322 e. The van der Waals surface area contributed by atoms with Crippen LogP contribution in [-0.2, 0) is 15.8 Å². The minimum Gasteiger partial charge on any atom is -0.322 e. The Hall–Kier alpha value is -2.23. The summed E-state index contributed by atoms with van der Waals surface area (Å²) in [6.45, 7) is 3.61. The normalized spacial score (nSPS) is 11.4. The minimum absolute atomic E-state index is 0.158. The van der Waals surface area contributed by atoms with Gasteiger partial charge in [-0.3, -0.25) is 4.79 Å². The van der Waals surface area contributed by atoms with Crippen molar-refractivity contribution in [3.05, 3.63) is 72.3 Å². The first-order valence-corrected chi connectivity index (χ1v) is 10.4. The second kappa shape index (κ2) is 9.63. The minimum atomic E-state index is -3.45. The molecule has 2 aromatic carbocycles. The molecular formula is C18H18F2N2O3S2. The number of anilines is 1. The number of halogens is 2. The van der Waals surface area contributed by atoms with Crippen LogP contribution in [0.5, 0.6) is 0 Å². The molecule has 0 spiro atoms. The molecule has 2 rings (SSSR count). The summed E-state index contributed by atoms with van der Waals surface area (Å²) >= 11 is 0.409. The van der Waals surface area contributed by atoms with Crippen molar-refractivity contribution in [2.45, 2.75) is 16.4 Å². The fraction of sp³-hybridized carbons (Fsp3) is 0.167. The molecule has 0 aliphatic rings. The first-order chi connectivity index (χ1) is 12.8. The quantitative estimate of drug-likeness (QED) is 0.484. The van der Waals surface area contributed by atoms with Crippen molar-refractivity contribution >= 4 is 33.4 Å². The first kappa shape index (κ1) is 21.1. The van der Waals surface area contributed by atoms with Gasteiger partial charge < -0.3 is 5.32 Å². The zero-order valence-corrected chi connectivity index (χ0v) is 15.8. The lowest BCUT2D eigenvalue weighted by Crippen LogP contribution is -2.25. The van der Waals surface area contributed by atoms with E-state index in [4.69, 9.17) is 0 Å². The van der Waals surface area contributed by atoms with Crippen molar-refractivity contribution in [2.75, 3.05) is 11.9 Å². The monoisotopic (exact) mass is 412 g/mol. The molecule has 0 aliphatic carbocycles. The molecule has 2 N–H and O–H groups in total. The molecule has 144 valence electrons. The van der Waals surface area contributed by atoms with Crippen LogP contribution < -0.4 is 10.0 Å².